The molecule has 0 spiro atoms. The zero-order valence-electron chi connectivity index (χ0n) is 22.0. The Bertz CT molecular complexity index is 1040. The van der Waals surface area contributed by atoms with E-state index in [9.17, 15) is 9.59 Å². The van der Waals surface area contributed by atoms with Crippen LogP contribution in [0.1, 0.15) is 85.4 Å². The average molecular weight is 474 g/mol. The summed E-state index contributed by atoms with van der Waals surface area (Å²) >= 11 is 0. The molecule has 0 bridgehead atoms. The molecule has 2 aromatic heterocycles. The molecule has 34 heavy (non-hydrogen) atoms. The number of anilines is 1. The lowest BCUT2D eigenvalue weighted by Crippen LogP contribution is -2.51. The number of fused-ring (bicyclic) bond motifs is 1. The Hall–Kier alpha value is -2.84. The van der Waals surface area contributed by atoms with Crippen molar-refractivity contribution >= 4 is 23.7 Å². The van der Waals surface area contributed by atoms with Gasteiger partial charge in [0.25, 0.3) is 0 Å². The third-order valence-corrected chi connectivity index (χ3v) is 5.55. The molecule has 3 heterocycles. The van der Waals surface area contributed by atoms with Gasteiger partial charge in [0.1, 0.15) is 17.0 Å². The van der Waals surface area contributed by atoms with Gasteiger partial charge in [0.05, 0.1) is 6.20 Å². The third-order valence-electron chi connectivity index (χ3n) is 5.55. The Kier molecular flexibility index (Phi) is 7.15. The van der Waals surface area contributed by atoms with Gasteiger partial charge in [-0.3, -0.25) is 4.90 Å². The summed E-state index contributed by atoms with van der Waals surface area (Å²) in [5, 5.41) is 4.58. The first-order valence-electron chi connectivity index (χ1n) is 12.0. The van der Waals surface area contributed by atoms with Crippen molar-refractivity contribution in [2.24, 2.45) is 0 Å². The number of ether oxygens (including phenoxy) is 2. The molecule has 9 heteroatoms. The zero-order valence-corrected chi connectivity index (χ0v) is 22.0. The van der Waals surface area contributed by atoms with Gasteiger partial charge in [0.2, 0.25) is 0 Å². The summed E-state index contributed by atoms with van der Waals surface area (Å²) in [6.07, 6.45) is 2.25. The summed E-state index contributed by atoms with van der Waals surface area (Å²) in [6, 6.07) is 1.71. The topological polar surface area (TPSA) is 89.3 Å². The first kappa shape index (κ1) is 25.8. The lowest BCUT2D eigenvalue weighted by atomic mass is 10.0. The number of aromatic nitrogens is 3. The van der Waals surface area contributed by atoms with Gasteiger partial charge in [-0.05, 0) is 67.2 Å². The van der Waals surface area contributed by atoms with Crippen LogP contribution in [-0.4, -0.2) is 62.0 Å². The second kappa shape index (κ2) is 9.43. The molecular formula is C25H39N5O4. The Balaban J connectivity index is 1.96. The number of aryl methyl sites for hydroxylation is 1. The van der Waals surface area contributed by atoms with Gasteiger partial charge < -0.3 is 14.4 Å². The summed E-state index contributed by atoms with van der Waals surface area (Å²) in [4.78, 5) is 34.1. The van der Waals surface area contributed by atoms with Crippen LogP contribution in [0.15, 0.2) is 12.3 Å². The molecule has 0 N–H and O–H groups in total. The van der Waals surface area contributed by atoms with Gasteiger partial charge >= 0.3 is 12.2 Å². The number of hydrogen-bond acceptors (Lipinski definition) is 6. The normalized spacial score (nSPS) is 15.6. The van der Waals surface area contributed by atoms with Crippen molar-refractivity contribution in [1.82, 2.24) is 19.5 Å². The van der Waals surface area contributed by atoms with Crippen molar-refractivity contribution in [2.75, 3.05) is 18.0 Å². The monoisotopic (exact) mass is 473 g/mol. The molecule has 1 aliphatic heterocycles. The fourth-order valence-corrected chi connectivity index (χ4v) is 4.03. The molecule has 0 unspecified atom stereocenters. The highest BCUT2D eigenvalue weighted by Gasteiger charge is 2.36. The number of carbonyl (C=O) groups is 2. The van der Waals surface area contributed by atoms with Crippen molar-refractivity contribution in [3.8, 4) is 0 Å². The second-order valence-corrected chi connectivity index (χ2v) is 11.3. The number of nitrogens with zero attached hydrogens (tertiary/aromatic N) is 5. The van der Waals surface area contributed by atoms with Crippen molar-refractivity contribution in [2.45, 2.75) is 98.3 Å². The largest absolute Gasteiger partial charge is 0.444 e. The molecular weight excluding hydrogens is 434 g/mol. The lowest BCUT2D eigenvalue weighted by molar-refractivity contribution is 0.0200. The quantitative estimate of drug-likeness (QED) is 0.601. The fourth-order valence-electron chi connectivity index (χ4n) is 4.03. The summed E-state index contributed by atoms with van der Waals surface area (Å²) in [5.41, 5.74) is 1.36. The average Bonchev–Trinajstić information content (AvgIpc) is 3.10. The van der Waals surface area contributed by atoms with E-state index >= 15 is 0 Å². The van der Waals surface area contributed by atoms with Gasteiger partial charge in [-0.1, -0.05) is 13.8 Å². The minimum Gasteiger partial charge on any atom is -0.444 e. The molecule has 9 nitrogen and oxygen atoms in total. The predicted molar refractivity (Wildman–Crippen MR) is 131 cm³/mol. The fraction of sp³-hybridized carbons (Fsp3) is 0.680. The van der Waals surface area contributed by atoms with E-state index in [1.807, 2.05) is 60.7 Å². The van der Waals surface area contributed by atoms with E-state index < -0.39 is 17.3 Å². The van der Waals surface area contributed by atoms with Crippen molar-refractivity contribution in [3.63, 3.8) is 0 Å². The maximum Gasteiger partial charge on any atom is 0.416 e. The molecule has 0 aliphatic carbocycles. The molecule has 1 saturated heterocycles. The van der Waals surface area contributed by atoms with Crippen LogP contribution < -0.4 is 4.90 Å². The number of hydrogen-bond donors (Lipinski definition) is 0. The smallest absolute Gasteiger partial charge is 0.416 e. The van der Waals surface area contributed by atoms with Crippen LogP contribution in [0.5, 0.6) is 0 Å². The molecule has 0 saturated carbocycles. The molecule has 188 valence electrons. The molecule has 0 aromatic carbocycles. The van der Waals surface area contributed by atoms with Crippen LogP contribution in [0, 0.1) is 6.92 Å². The van der Waals surface area contributed by atoms with E-state index in [0.717, 1.165) is 16.9 Å². The van der Waals surface area contributed by atoms with Crippen molar-refractivity contribution in [1.29, 1.82) is 0 Å². The maximum atomic E-state index is 13.5. The Labute approximate surface area is 202 Å². The Morgan fingerprint density at radius 2 is 1.65 bits per heavy atom. The van der Waals surface area contributed by atoms with Crippen molar-refractivity contribution in [3.05, 3.63) is 23.5 Å². The van der Waals surface area contributed by atoms with Crippen molar-refractivity contribution < 1.29 is 19.1 Å². The molecule has 2 aromatic rings. The highest BCUT2D eigenvalue weighted by Crippen LogP contribution is 2.30. The summed E-state index contributed by atoms with van der Waals surface area (Å²) < 4.78 is 13.1. The van der Waals surface area contributed by atoms with Crippen LogP contribution in [0.2, 0.25) is 0 Å². The minimum atomic E-state index is -0.652. The summed E-state index contributed by atoms with van der Waals surface area (Å²) in [6.45, 7) is 18.2. The first-order chi connectivity index (χ1) is 15.7. The van der Waals surface area contributed by atoms with E-state index in [1.54, 1.807) is 14.3 Å². The summed E-state index contributed by atoms with van der Waals surface area (Å²) in [7, 11) is 0. The second-order valence-electron chi connectivity index (χ2n) is 11.3. The number of amides is 2. The summed E-state index contributed by atoms with van der Waals surface area (Å²) in [5.74, 6) is 0.867. The standard InChI is InChI=1S/C25H39N5O4/c1-16(2)19-15-26-30-20(14-17(3)27-21(19)30)29(23(32)34-25(7,8)9)18-10-12-28(13-11-18)22(31)33-24(4,5)6/h14-16,18H,10-13H2,1-9H3. The molecule has 1 fully saturated rings. The zero-order chi connectivity index (χ0) is 25.4. The van der Waals surface area contributed by atoms with Gasteiger partial charge in [0.15, 0.2) is 5.65 Å². The Morgan fingerprint density at radius 3 is 2.18 bits per heavy atom. The molecule has 0 atom stereocenters. The first-order valence-corrected chi connectivity index (χ1v) is 12.0. The number of piperidine rings is 1. The molecule has 0 radical (unpaired) electrons. The van der Waals surface area contributed by atoms with Gasteiger partial charge in [-0.25, -0.2) is 14.6 Å². The van der Waals surface area contributed by atoms with E-state index in [0.29, 0.717) is 31.7 Å². The van der Waals surface area contributed by atoms with E-state index in [4.69, 9.17) is 14.5 Å². The Morgan fingerprint density at radius 1 is 1.06 bits per heavy atom. The molecule has 3 rings (SSSR count). The number of likely N-dealkylation sites (tertiary alicyclic amines) is 1. The van der Waals surface area contributed by atoms with Gasteiger partial charge in [-0.15, -0.1) is 0 Å². The third kappa shape index (κ3) is 5.98. The van der Waals surface area contributed by atoms with Crippen LogP contribution in [0.25, 0.3) is 5.65 Å². The predicted octanol–water partition coefficient (Wildman–Crippen LogP) is 5.30. The highest BCUT2D eigenvalue weighted by molar-refractivity contribution is 5.88. The van der Waals surface area contributed by atoms with E-state index in [2.05, 4.69) is 18.9 Å². The minimum absolute atomic E-state index is 0.162. The van der Waals surface area contributed by atoms with Gasteiger partial charge in [-0.2, -0.15) is 9.61 Å². The molecule has 2 amide bonds. The van der Waals surface area contributed by atoms with Crippen LogP contribution >= 0.6 is 0 Å². The highest BCUT2D eigenvalue weighted by atomic mass is 16.6. The number of carbonyl (C=O) groups excluding carboxylic acids is 2. The van der Waals surface area contributed by atoms with Crippen LogP contribution in [0.3, 0.4) is 0 Å². The SMILES string of the molecule is Cc1cc(N(C(=O)OC(C)(C)C)C2CCN(C(=O)OC(C)(C)C)CC2)n2ncc(C(C)C)c2n1. The van der Waals surface area contributed by atoms with E-state index in [-0.39, 0.29) is 18.1 Å². The van der Waals surface area contributed by atoms with Gasteiger partial charge in [0, 0.05) is 36.5 Å². The maximum absolute atomic E-state index is 13.5. The molecule has 1 aliphatic rings. The van der Waals surface area contributed by atoms with Crippen LogP contribution in [-0.2, 0) is 9.47 Å². The number of rotatable bonds is 3. The van der Waals surface area contributed by atoms with E-state index in [1.165, 1.54) is 0 Å². The lowest BCUT2D eigenvalue weighted by Gasteiger charge is -2.39. The van der Waals surface area contributed by atoms with Crippen LogP contribution in [0.4, 0.5) is 15.4 Å².